The van der Waals surface area contributed by atoms with Crippen molar-refractivity contribution in [2.45, 2.75) is 10.2 Å². The van der Waals surface area contributed by atoms with Crippen molar-refractivity contribution in [1.29, 1.82) is 0 Å². The van der Waals surface area contributed by atoms with Gasteiger partial charge in [-0.1, -0.05) is 27.5 Å². The molecule has 0 saturated heterocycles. The van der Waals surface area contributed by atoms with Gasteiger partial charge in [-0.15, -0.1) is 0 Å². The molecule has 0 aliphatic heterocycles. The predicted molar refractivity (Wildman–Crippen MR) is 57.2 cm³/mol. The molecule has 0 aromatic heterocycles. The van der Waals surface area contributed by atoms with Gasteiger partial charge >= 0.3 is 0 Å². The summed E-state index contributed by atoms with van der Waals surface area (Å²) in [5.41, 5.74) is 0.690. The van der Waals surface area contributed by atoms with Crippen molar-refractivity contribution >= 4 is 37.4 Å². The van der Waals surface area contributed by atoms with Gasteiger partial charge in [0.15, 0.2) is 9.84 Å². The maximum atomic E-state index is 11.3. The lowest BCUT2D eigenvalue weighted by molar-refractivity contribution is 0.601. The topological polar surface area (TPSA) is 34.1 Å². The quantitative estimate of drug-likeness (QED) is 0.782. The zero-order valence-electron chi connectivity index (χ0n) is 6.92. The van der Waals surface area contributed by atoms with Crippen molar-refractivity contribution in [3.63, 3.8) is 0 Å². The van der Waals surface area contributed by atoms with Crippen LogP contribution in [-0.4, -0.2) is 14.7 Å². The van der Waals surface area contributed by atoms with Crippen LogP contribution in [0.4, 0.5) is 0 Å². The number of hydrogen-bond acceptors (Lipinski definition) is 2. The second kappa shape index (κ2) is 3.98. The minimum Gasteiger partial charge on any atom is -0.224 e. The Bertz CT molecular complexity index is 414. The van der Waals surface area contributed by atoms with Gasteiger partial charge in [0.25, 0.3) is 0 Å². The second-order valence-electron chi connectivity index (χ2n) is 2.66. The summed E-state index contributed by atoms with van der Waals surface area (Å²) < 4.78 is 22.5. The Labute approximate surface area is 91.0 Å². The third kappa shape index (κ3) is 2.69. The van der Waals surface area contributed by atoms with Gasteiger partial charge in [-0.05, 0) is 23.8 Å². The van der Waals surface area contributed by atoms with Crippen LogP contribution in [0.25, 0.3) is 0 Å². The van der Waals surface area contributed by atoms with Crippen molar-refractivity contribution < 1.29 is 8.42 Å². The second-order valence-corrected chi connectivity index (χ2v) is 5.64. The zero-order chi connectivity index (χ0) is 10.1. The molecule has 13 heavy (non-hydrogen) atoms. The zero-order valence-corrected chi connectivity index (χ0v) is 10.1. The lowest BCUT2D eigenvalue weighted by atomic mass is 10.2. The van der Waals surface area contributed by atoms with E-state index in [1.54, 1.807) is 12.1 Å². The Morgan fingerprint density at radius 3 is 2.54 bits per heavy atom. The van der Waals surface area contributed by atoms with Crippen LogP contribution in [0.5, 0.6) is 0 Å². The lowest BCUT2D eigenvalue weighted by Crippen LogP contribution is -2.00. The third-order valence-electron chi connectivity index (χ3n) is 1.57. The highest BCUT2D eigenvalue weighted by Gasteiger charge is 2.12. The molecule has 0 bridgehead atoms. The maximum absolute atomic E-state index is 11.3. The van der Waals surface area contributed by atoms with Crippen LogP contribution in [-0.2, 0) is 15.2 Å². The molecular weight excluding hydrogens is 276 g/mol. The first-order chi connectivity index (χ1) is 5.95. The van der Waals surface area contributed by atoms with E-state index >= 15 is 0 Å². The van der Waals surface area contributed by atoms with Crippen LogP contribution in [0, 0.1) is 0 Å². The monoisotopic (exact) mass is 282 g/mol. The number of benzene rings is 1. The molecule has 2 nitrogen and oxygen atoms in total. The normalized spacial score (nSPS) is 11.6. The minimum absolute atomic E-state index is 0.328. The number of hydrogen-bond donors (Lipinski definition) is 0. The van der Waals surface area contributed by atoms with E-state index in [2.05, 4.69) is 15.9 Å². The van der Waals surface area contributed by atoms with Crippen LogP contribution in [0.15, 0.2) is 23.1 Å². The summed E-state index contributed by atoms with van der Waals surface area (Å²) in [6, 6.07) is 4.74. The molecule has 0 unspecified atom stereocenters. The van der Waals surface area contributed by atoms with Gasteiger partial charge in [0.05, 0.1) is 4.90 Å². The Kier molecular flexibility index (Phi) is 3.38. The molecule has 72 valence electrons. The number of alkyl halides is 1. The summed E-state index contributed by atoms with van der Waals surface area (Å²) in [6.45, 7) is 0. The fourth-order valence-electron chi connectivity index (χ4n) is 1.01. The first-order valence-electron chi connectivity index (χ1n) is 3.49. The number of rotatable bonds is 2. The number of halogens is 2. The molecule has 0 heterocycles. The van der Waals surface area contributed by atoms with E-state index in [9.17, 15) is 8.42 Å². The molecule has 0 amide bonds. The molecule has 0 aliphatic carbocycles. The number of sulfone groups is 1. The van der Waals surface area contributed by atoms with Crippen LogP contribution >= 0.6 is 27.5 Å². The Hall–Kier alpha value is -0.0600. The van der Waals surface area contributed by atoms with E-state index in [-0.39, 0.29) is 0 Å². The first kappa shape index (κ1) is 11.0. The van der Waals surface area contributed by atoms with Gasteiger partial charge < -0.3 is 0 Å². The van der Waals surface area contributed by atoms with Gasteiger partial charge in [0, 0.05) is 16.6 Å². The Morgan fingerprint density at radius 1 is 1.46 bits per heavy atom. The maximum Gasteiger partial charge on any atom is 0.175 e. The molecule has 1 aromatic rings. The SMILES string of the molecule is CS(=O)(=O)c1ccc(Cl)cc1CBr. The van der Waals surface area contributed by atoms with Crippen LogP contribution in [0.1, 0.15) is 5.56 Å². The molecule has 0 saturated carbocycles. The van der Waals surface area contributed by atoms with Crippen LogP contribution < -0.4 is 0 Å². The molecule has 0 atom stereocenters. The lowest BCUT2D eigenvalue weighted by Gasteiger charge is -2.04. The fourth-order valence-corrected chi connectivity index (χ4v) is 2.78. The average Bonchev–Trinajstić information content (AvgIpc) is 2.01. The summed E-state index contributed by atoms with van der Waals surface area (Å²) in [5.74, 6) is 0. The fraction of sp³-hybridized carbons (Fsp3) is 0.250. The van der Waals surface area contributed by atoms with Crippen LogP contribution in [0.2, 0.25) is 5.02 Å². The first-order valence-corrected chi connectivity index (χ1v) is 6.88. The third-order valence-corrected chi connectivity index (χ3v) is 3.60. The summed E-state index contributed by atoms with van der Waals surface area (Å²) in [6.07, 6.45) is 1.18. The highest BCUT2D eigenvalue weighted by Crippen LogP contribution is 2.22. The minimum atomic E-state index is -3.15. The summed E-state index contributed by atoms with van der Waals surface area (Å²) >= 11 is 8.94. The van der Waals surface area contributed by atoms with Crippen molar-refractivity contribution in [3.8, 4) is 0 Å². The van der Waals surface area contributed by atoms with E-state index < -0.39 is 9.84 Å². The van der Waals surface area contributed by atoms with Gasteiger partial charge in [-0.25, -0.2) is 8.42 Å². The molecule has 1 aromatic carbocycles. The van der Waals surface area contributed by atoms with E-state index in [1.165, 1.54) is 12.3 Å². The molecule has 5 heteroatoms. The van der Waals surface area contributed by atoms with Crippen molar-refractivity contribution in [2.75, 3.05) is 6.26 Å². The van der Waals surface area contributed by atoms with Gasteiger partial charge in [-0.2, -0.15) is 0 Å². The van der Waals surface area contributed by atoms with Crippen molar-refractivity contribution in [3.05, 3.63) is 28.8 Å². The van der Waals surface area contributed by atoms with Crippen molar-refractivity contribution in [1.82, 2.24) is 0 Å². The van der Waals surface area contributed by atoms with E-state index in [0.29, 0.717) is 20.8 Å². The Balaban J connectivity index is 3.39. The smallest absolute Gasteiger partial charge is 0.175 e. The highest BCUT2D eigenvalue weighted by atomic mass is 79.9. The van der Waals surface area contributed by atoms with Gasteiger partial charge in [0.1, 0.15) is 0 Å². The molecular formula is C8H8BrClO2S. The summed E-state index contributed by atoms with van der Waals surface area (Å²) in [7, 11) is -3.15. The molecule has 0 aliphatic rings. The highest BCUT2D eigenvalue weighted by molar-refractivity contribution is 9.08. The predicted octanol–water partition coefficient (Wildman–Crippen LogP) is 2.64. The van der Waals surface area contributed by atoms with Crippen molar-refractivity contribution in [2.24, 2.45) is 0 Å². The molecule has 0 spiro atoms. The molecule has 1 rings (SSSR count). The average molecular weight is 284 g/mol. The summed E-state index contributed by atoms with van der Waals surface area (Å²) in [5, 5.41) is 1.03. The van der Waals surface area contributed by atoms with Gasteiger partial charge in [0.2, 0.25) is 0 Å². The standard InChI is InChI=1S/C8H8BrClO2S/c1-13(11,12)8-3-2-7(10)4-6(8)5-9/h2-4H,5H2,1H3. The molecule has 0 N–H and O–H groups in total. The van der Waals surface area contributed by atoms with Gasteiger partial charge in [-0.3, -0.25) is 0 Å². The van der Waals surface area contributed by atoms with Crippen LogP contribution in [0.3, 0.4) is 0 Å². The van der Waals surface area contributed by atoms with E-state index in [0.717, 1.165) is 0 Å². The van der Waals surface area contributed by atoms with E-state index in [1.807, 2.05) is 0 Å². The largest absolute Gasteiger partial charge is 0.224 e. The summed E-state index contributed by atoms with van der Waals surface area (Å²) in [4.78, 5) is 0.328. The van der Waals surface area contributed by atoms with E-state index in [4.69, 9.17) is 11.6 Å². The molecule has 0 fully saturated rings. The Morgan fingerprint density at radius 2 is 2.08 bits per heavy atom. The molecule has 0 radical (unpaired) electrons.